The van der Waals surface area contributed by atoms with Gasteiger partial charge in [-0.05, 0) is 42.7 Å². The van der Waals surface area contributed by atoms with Gasteiger partial charge in [0.05, 0.1) is 6.04 Å². The molecule has 0 saturated heterocycles. The van der Waals surface area contributed by atoms with E-state index in [4.69, 9.17) is 0 Å². The van der Waals surface area contributed by atoms with E-state index in [0.717, 1.165) is 23.0 Å². The molecule has 2 aromatic rings. The van der Waals surface area contributed by atoms with Crippen molar-refractivity contribution in [3.8, 4) is 0 Å². The van der Waals surface area contributed by atoms with E-state index in [0.29, 0.717) is 24.8 Å². The molecule has 0 aromatic heterocycles. The number of rotatable bonds is 4. The zero-order valence-electron chi connectivity index (χ0n) is 12.8. The zero-order chi connectivity index (χ0) is 16.4. The van der Waals surface area contributed by atoms with Crippen LogP contribution in [0, 0.1) is 11.6 Å². The van der Waals surface area contributed by atoms with E-state index < -0.39 is 11.6 Å². The van der Waals surface area contributed by atoms with Gasteiger partial charge in [0.25, 0.3) is 0 Å². The van der Waals surface area contributed by atoms with Crippen molar-refractivity contribution < 1.29 is 13.6 Å². The van der Waals surface area contributed by atoms with Gasteiger partial charge in [0.2, 0.25) is 5.91 Å². The number of halogens is 2. The predicted molar refractivity (Wildman–Crippen MR) is 86.4 cm³/mol. The van der Waals surface area contributed by atoms with Gasteiger partial charge >= 0.3 is 0 Å². The third-order valence-corrected chi connectivity index (χ3v) is 4.09. The monoisotopic (exact) mass is 316 g/mol. The van der Waals surface area contributed by atoms with Crippen LogP contribution in [-0.2, 0) is 11.2 Å². The first kappa shape index (κ1) is 15.5. The summed E-state index contributed by atoms with van der Waals surface area (Å²) in [4.78, 5) is 11.4. The van der Waals surface area contributed by atoms with E-state index in [1.165, 1.54) is 12.1 Å². The molecule has 1 aliphatic heterocycles. The molecule has 0 spiro atoms. The van der Waals surface area contributed by atoms with Gasteiger partial charge in [-0.2, -0.15) is 0 Å². The third-order valence-electron chi connectivity index (χ3n) is 4.09. The first-order valence-corrected chi connectivity index (χ1v) is 7.71. The molecule has 1 heterocycles. The molecule has 5 heteroatoms. The number of hydrogen-bond donors (Lipinski definition) is 2. The summed E-state index contributed by atoms with van der Waals surface area (Å²) in [5.41, 5.74) is 3.19. The molecule has 120 valence electrons. The summed E-state index contributed by atoms with van der Waals surface area (Å²) >= 11 is 0. The quantitative estimate of drug-likeness (QED) is 0.877. The van der Waals surface area contributed by atoms with Crippen LogP contribution >= 0.6 is 0 Å². The highest BCUT2D eigenvalue weighted by Gasteiger charge is 2.17. The molecule has 0 saturated carbocycles. The first-order valence-electron chi connectivity index (χ1n) is 7.71. The number of hydrogen-bond acceptors (Lipinski definition) is 2. The Morgan fingerprint density at radius 1 is 1.17 bits per heavy atom. The van der Waals surface area contributed by atoms with Crippen molar-refractivity contribution in [2.75, 3.05) is 10.6 Å². The lowest BCUT2D eigenvalue weighted by Gasteiger charge is -2.22. The fourth-order valence-electron chi connectivity index (χ4n) is 2.86. The van der Waals surface area contributed by atoms with E-state index in [2.05, 4.69) is 10.6 Å². The Morgan fingerprint density at radius 3 is 2.74 bits per heavy atom. The highest BCUT2D eigenvalue weighted by atomic mass is 19.1. The number of carbonyl (C=O) groups excluding carboxylic acids is 1. The molecule has 0 aliphatic carbocycles. The summed E-state index contributed by atoms with van der Waals surface area (Å²) in [5, 5.41) is 6.12. The lowest BCUT2D eigenvalue weighted by molar-refractivity contribution is -0.116. The normalized spacial score (nSPS) is 14.8. The minimum absolute atomic E-state index is 0.0260. The number of carbonyl (C=O) groups is 1. The Bertz CT molecular complexity index is 746. The summed E-state index contributed by atoms with van der Waals surface area (Å²) < 4.78 is 27.0. The second-order valence-corrected chi connectivity index (χ2v) is 5.69. The Hall–Kier alpha value is -2.43. The van der Waals surface area contributed by atoms with E-state index in [-0.39, 0.29) is 11.9 Å². The van der Waals surface area contributed by atoms with Gasteiger partial charge in [-0.15, -0.1) is 0 Å². The molecular formula is C18H18F2N2O. The molecule has 1 amide bonds. The van der Waals surface area contributed by atoms with Crippen LogP contribution in [-0.4, -0.2) is 5.91 Å². The van der Waals surface area contributed by atoms with Crippen molar-refractivity contribution in [2.24, 2.45) is 0 Å². The first-order chi connectivity index (χ1) is 11.1. The van der Waals surface area contributed by atoms with Crippen molar-refractivity contribution >= 4 is 17.3 Å². The maximum Gasteiger partial charge on any atom is 0.224 e. The Morgan fingerprint density at radius 2 is 2.00 bits per heavy atom. The lowest BCUT2D eigenvalue weighted by atomic mass is 10.0. The zero-order valence-corrected chi connectivity index (χ0v) is 12.8. The van der Waals surface area contributed by atoms with E-state index in [9.17, 15) is 13.6 Å². The lowest BCUT2D eigenvalue weighted by Crippen LogP contribution is -2.19. The molecule has 1 aliphatic rings. The predicted octanol–water partition coefficient (Wildman–Crippen LogP) is 4.41. The summed E-state index contributed by atoms with van der Waals surface area (Å²) in [6.07, 6.45) is 1.83. The van der Waals surface area contributed by atoms with E-state index in [1.807, 2.05) is 25.1 Å². The average Bonchev–Trinajstić information content (AvgIpc) is 2.53. The molecule has 0 bridgehead atoms. The Kier molecular flexibility index (Phi) is 4.28. The summed E-state index contributed by atoms with van der Waals surface area (Å²) in [5.74, 6) is -1.10. The Balaban J connectivity index is 1.83. The summed E-state index contributed by atoms with van der Waals surface area (Å²) in [6.45, 7) is 1.94. The molecule has 3 rings (SSSR count). The molecule has 2 N–H and O–H groups in total. The van der Waals surface area contributed by atoms with Crippen LogP contribution in [0.3, 0.4) is 0 Å². The maximum atomic E-state index is 14.0. The van der Waals surface area contributed by atoms with Gasteiger partial charge < -0.3 is 10.6 Å². The largest absolute Gasteiger partial charge is 0.378 e. The molecule has 23 heavy (non-hydrogen) atoms. The number of fused-ring (bicyclic) bond motifs is 1. The SMILES string of the molecule is CCC(Nc1ccc2c(c1)CCC(=O)N2)c1ccc(F)cc1F. The highest BCUT2D eigenvalue weighted by molar-refractivity contribution is 5.94. The molecule has 3 nitrogen and oxygen atoms in total. The van der Waals surface area contributed by atoms with Crippen molar-refractivity contribution in [1.82, 2.24) is 0 Å². The van der Waals surface area contributed by atoms with Crippen LogP contribution in [0.4, 0.5) is 20.2 Å². The van der Waals surface area contributed by atoms with E-state index in [1.54, 1.807) is 0 Å². The van der Waals surface area contributed by atoms with Crippen LogP contribution in [0.1, 0.15) is 36.9 Å². The van der Waals surface area contributed by atoms with Crippen LogP contribution in [0.2, 0.25) is 0 Å². The molecule has 1 unspecified atom stereocenters. The van der Waals surface area contributed by atoms with Crippen LogP contribution in [0.25, 0.3) is 0 Å². The van der Waals surface area contributed by atoms with Gasteiger partial charge in [0.1, 0.15) is 11.6 Å². The number of nitrogens with one attached hydrogen (secondary N) is 2. The second-order valence-electron chi connectivity index (χ2n) is 5.69. The smallest absolute Gasteiger partial charge is 0.224 e. The van der Waals surface area contributed by atoms with Gasteiger partial charge in [-0.25, -0.2) is 8.78 Å². The van der Waals surface area contributed by atoms with Gasteiger partial charge in [-0.1, -0.05) is 13.0 Å². The number of benzene rings is 2. The van der Waals surface area contributed by atoms with Crippen LogP contribution in [0.15, 0.2) is 36.4 Å². The standard InChI is InChI=1S/C18H18F2N2O/c1-2-16(14-6-4-12(19)10-15(14)20)21-13-5-7-17-11(9-13)3-8-18(23)22-17/h4-7,9-10,16,21H,2-3,8H2,1H3,(H,22,23). The fraction of sp³-hybridized carbons (Fsp3) is 0.278. The highest BCUT2D eigenvalue weighted by Crippen LogP contribution is 2.29. The molecule has 0 radical (unpaired) electrons. The molecule has 2 aromatic carbocycles. The fourth-order valence-corrected chi connectivity index (χ4v) is 2.86. The summed E-state index contributed by atoms with van der Waals surface area (Å²) in [6, 6.07) is 9.08. The second kappa shape index (κ2) is 6.36. The topological polar surface area (TPSA) is 41.1 Å². The molecule has 0 fully saturated rings. The van der Waals surface area contributed by atoms with Gasteiger partial charge in [0, 0.05) is 29.4 Å². The van der Waals surface area contributed by atoms with Crippen molar-refractivity contribution in [3.05, 3.63) is 59.2 Å². The number of amides is 1. The third kappa shape index (κ3) is 3.33. The number of anilines is 2. The average molecular weight is 316 g/mol. The van der Waals surface area contributed by atoms with E-state index >= 15 is 0 Å². The molecular weight excluding hydrogens is 298 g/mol. The van der Waals surface area contributed by atoms with Crippen LogP contribution in [0.5, 0.6) is 0 Å². The van der Waals surface area contributed by atoms with Gasteiger partial charge in [-0.3, -0.25) is 4.79 Å². The minimum Gasteiger partial charge on any atom is -0.378 e. The maximum absolute atomic E-state index is 14.0. The molecule has 1 atom stereocenters. The van der Waals surface area contributed by atoms with Crippen molar-refractivity contribution in [1.29, 1.82) is 0 Å². The minimum atomic E-state index is -0.578. The van der Waals surface area contributed by atoms with Crippen LogP contribution < -0.4 is 10.6 Å². The summed E-state index contributed by atoms with van der Waals surface area (Å²) in [7, 11) is 0. The van der Waals surface area contributed by atoms with Gasteiger partial charge in [0.15, 0.2) is 0 Å². The van der Waals surface area contributed by atoms with Crippen molar-refractivity contribution in [3.63, 3.8) is 0 Å². The Labute approximate surface area is 133 Å². The van der Waals surface area contributed by atoms with Crippen molar-refractivity contribution in [2.45, 2.75) is 32.2 Å². The number of aryl methyl sites for hydroxylation is 1.